The second-order valence-corrected chi connectivity index (χ2v) is 5.80. The van der Waals surface area contributed by atoms with Crippen LogP contribution in [0.25, 0.3) is 11.2 Å². The number of aryl methyl sites for hydroxylation is 3. The molecule has 0 aliphatic heterocycles. The molecule has 3 aromatic heterocycles. The number of imidazole rings is 1. The molecule has 0 saturated heterocycles. The maximum atomic E-state index is 6.28. The van der Waals surface area contributed by atoms with E-state index in [9.17, 15) is 0 Å². The van der Waals surface area contributed by atoms with Crippen molar-refractivity contribution in [1.82, 2.24) is 19.5 Å². The van der Waals surface area contributed by atoms with Gasteiger partial charge in [-0.1, -0.05) is 6.07 Å². The van der Waals surface area contributed by atoms with E-state index in [1.54, 1.807) is 6.20 Å². The Labute approximate surface area is 128 Å². The highest BCUT2D eigenvalue weighted by Gasteiger charge is 2.15. The van der Waals surface area contributed by atoms with Crippen molar-refractivity contribution in [2.75, 3.05) is 0 Å². The third-order valence-corrected chi connectivity index (χ3v) is 3.66. The molecule has 3 aromatic rings. The molecule has 0 N–H and O–H groups in total. The maximum absolute atomic E-state index is 6.28. The lowest BCUT2D eigenvalue weighted by Gasteiger charge is -2.10. The lowest BCUT2D eigenvalue weighted by Crippen LogP contribution is -2.08. The van der Waals surface area contributed by atoms with E-state index in [0.717, 1.165) is 35.6 Å². The van der Waals surface area contributed by atoms with Crippen LogP contribution in [0.3, 0.4) is 0 Å². The molecule has 1 unspecified atom stereocenters. The van der Waals surface area contributed by atoms with Crippen LogP contribution in [0.4, 0.5) is 0 Å². The molecule has 0 bridgehead atoms. The van der Waals surface area contributed by atoms with E-state index >= 15 is 0 Å². The molecular formula is C16H17ClN4. The summed E-state index contributed by atoms with van der Waals surface area (Å²) in [5, 5.41) is -0.145. The Hall–Kier alpha value is -1.94. The molecule has 0 aromatic carbocycles. The van der Waals surface area contributed by atoms with E-state index in [2.05, 4.69) is 25.6 Å². The van der Waals surface area contributed by atoms with E-state index in [-0.39, 0.29) is 5.38 Å². The summed E-state index contributed by atoms with van der Waals surface area (Å²) < 4.78 is 2.12. The van der Waals surface area contributed by atoms with Crippen molar-refractivity contribution < 1.29 is 0 Å². The Morgan fingerprint density at radius 2 is 2.10 bits per heavy atom. The van der Waals surface area contributed by atoms with Crippen LogP contribution >= 0.6 is 11.6 Å². The van der Waals surface area contributed by atoms with Gasteiger partial charge in [0.15, 0.2) is 5.65 Å². The second kappa shape index (κ2) is 5.82. The molecule has 0 saturated carbocycles. The van der Waals surface area contributed by atoms with Gasteiger partial charge in [-0.25, -0.2) is 9.97 Å². The number of rotatable bonds is 4. The fraction of sp³-hybridized carbons (Fsp3) is 0.312. The summed E-state index contributed by atoms with van der Waals surface area (Å²) in [7, 11) is 0. The van der Waals surface area contributed by atoms with Gasteiger partial charge >= 0.3 is 0 Å². The van der Waals surface area contributed by atoms with E-state index in [4.69, 9.17) is 11.6 Å². The van der Waals surface area contributed by atoms with Gasteiger partial charge in [0.1, 0.15) is 11.3 Å². The van der Waals surface area contributed by atoms with Gasteiger partial charge in [0.25, 0.3) is 0 Å². The summed E-state index contributed by atoms with van der Waals surface area (Å²) in [6.45, 7) is 4.73. The Morgan fingerprint density at radius 1 is 1.24 bits per heavy atom. The van der Waals surface area contributed by atoms with E-state index in [0.29, 0.717) is 0 Å². The molecule has 3 heterocycles. The topological polar surface area (TPSA) is 43.6 Å². The van der Waals surface area contributed by atoms with Crippen molar-refractivity contribution >= 4 is 22.8 Å². The van der Waals surface area contributed by atoms with Gasteiger partial charge in [-0.3, -0.25) is 4.98 Å². The van der Waals surface area contributed by atoms with E-state index in [1.807, 2.05) is 38.2 Å². The van der Waals surface area contributed by atoms with Crippen molar-refractivity contribution in [3.05, 3.63) is 53.7 Å². The highest BCUT2D eigenvalue weighted by molar-refractivity contribution is 6.20. The zero-order valence-corrected chi connectivity index (χ0v) is 12.9. The van der Waals surface area contributed by atoms with Crippen molar-refractivity contribution in [1.29, 1.82) is 0 Å². The van der Waals surface area contributed by atoms with Crippen LogP contribution in [0, 0.1) is 6.92 Å². The predicted molar refractivity (Wildman–Crippen MR) is 84.5 cm³/mol. The van der Waals surface area contributed by atoms with E-state index < -0.39 is 0 Å². The molecule has 4 nitrogen and oxygen atoms in total. The van der Waals surface area contributed by atoms with Gasteiger partial charge in [-0.2, -0.15) is 0 Å². The number of pyridine rings is 2. The zero-order valence-electron chi connectivity index (χ0n) is 12.1. The summed E-state index contributed by atoms with van der Waals surface area (Å²) in [4.78, 5) is 13.4. The van der Waals surface area contributed by atoms with Gasteiger partial charge in [-0.05, 0) is 44.0 Å². The lowest BCUT2D eigenvalue weighted by atomic mass is 10.2. The lowest BCUT2D eigenvalue weighted by molar-refractivity contribution is 0.661. The molecule has 108 valence electrons. The number of hydrogen-bond acceptors (Lipinski definition) is 3. The van der Waals surface area contributed by atoms with E-state index in [1.165, 1.54) is 5.56 Å². The van der Waals surface area contributed by atoms with Gasteiger partial charge in [0.2, 0.25) is 0 Å². The molecule has 0 radical (unpaired) electrons. The first-order chi connectivity index (χ1) is 10.1. The molecule has 21 heavy (non-hydrogen) atoms. The molecule has 0 aliphatic carbocycles. The van der Waals surface area contributed by atoms with Gasteiger partial charge in [0.05, 0.1) is 5.38 Å². The normalized spacial score (nSPS) is 12.7. The molecule has 3 rings (SSSR count). The maximum Gasteiger partial charge on any atom is 0.160 e. The average Bonchev–Trinajstić information content (AvgIpc) is 2.84. The predicted octanol–water partition coefficient (Wildman–Crippen LogP) is 3.68. The number of hydrogen-bond donors (Lipinski definition) is 0. The largest absolute Gasteiger partial charge is 0.311 e. The Bertz CT molecular complexity index is 750. The van der Waals surface area contributed by atoms with Crippen LogP contribution in [0.5, 0.6) is 0 Å². The first-order valence-electron chi connectivity index (χ1n) is 7.02. The highest BCUT2D eigenvalue weighted by atomic mass is 35.5. The number of alkyl halides is 1. The molecule has 0 amide bonds. The van der Waals surface area contributed by atoms with Gasteiger partial charge < -0.3 is 4.57 Å². The van der Waals surface area contributed by atoms with Crippen LogP contribution < -0.4 is 0 Å². The van der Waals surface area contributed by atoms with Crippen LogP contribution in [0.1, 0.15) is 29.4 Å². The number of halogens is 1. The SMILES string of the molecule is Cc1ccc2nc(C(C)Cl)n(CCc3cccnc3)c2n1. The van der Waals surface area contributed by atoms with Crippen LogP contribution in [-0.2, 0) is 13.0 Å². The first kappa shape index (κ1) is 14.0. The number of nitrogens with zero attached hydrogens (tertiary/aromatic N) is 4. The molecule has 0 fully saturated rings. The van der Waals surface area contributed by atoms with Gasteiger partial charge in [0, 0.05) is 24.6 Å². The summed E-state index contributed by atoms with van der Waals surface area (Å²) in [6.07, 6.45) is 4.56. The van der Waals surface area contributed by atoms with Crippen molar-refractivity contribution in [2.24, 2.45) is 0 Å². The van der Waals surface area contributed by atoms with Crippen molar-refractivity contribution in [2.45, 2.75) is 32.2 Å². The van der Waals surface area contributed by atoms with Crippen LogP contribution in [0.2, 0.25) is 0 Å². The summed E-state index contributed by atoms with van der Waals surface area (Å²) in [5.41, 5.74) is 3.98. The second-order valence-electron chi connectivity index (χ2n) is 5.14. The number of aromatic nitrogens is 4. The Kier molecular flexibility index (Phi) is 3.88. The quantitative estimate of drug-likeness (QED) is 0.690. The van der Waals surface area contributed by atoms with Crippen molar-refractivity contribution in [3.63, 3.8) is 0 Å². The summed E-state index contributed by atoms with van der Waals surface area (Å²) in [5.74, 6) is 0.869. The molecule has 0 spiro atoms. The highest BCUT2D eigenvalue weighted by Crippen LogP contribution is 2.24. The minimum atomic E-state index is -0.145. The van der Waals surface area contributed by atoms with Crippen LogP contribution in [0.15, 0.2) is 36.7 Å². The third-order valence-electron chi connectivity index (χ3n) is 3.46. The summed E-state index contributed by atoms with van der Waals surface area (Å²) >= 11 is 6.28. The Balaban J connectivity index is 1.98. The average molecular weight is 301 g/mol. The number of fused-ring (bicyclic) bond motifs is 1. The van der Waals surface area contributed by atoms with Crippen molar-refractivity contribution in [3.8, 4) is 0 Å². The minimum Gasteiger partial charge on any atom is -0.311 e. The fourth-order valence-corrected chi connectivity index (χ4v) is 2.59. The molecule has 5 heteroatoms. The fourth-order valence-electron chi connectivity index (χ4n) is 2.42. The molecule has 1 atom stereocenters. The zero-order chi connectivity index (χ0) is 14.8. The molecule has 0 aliphatic rings. The minimum absolute atomic E-state index is 0.145. The first-order valence-corrected chi connectivity index (χ1v) is 7.45. The Morgan fingerprint density at radius 3 is 2.81 bits per heavy atom. The van der Waals surface area contributed by atoms with Crippen LogP contribution in [-0.4, -0.2) is 19.5 Å². The summed E-state index contributed by atoms with van der Waals surface area (Å²) in [6, 6.07) is 8.01. The molecular weight excluding hydrogens is 284 g/mol. The standard InChI is InChI=1S/C16H17ClN4/c1-11-5-6-14-16(19-11)21(15(20-14)12(2)17)9-7-13-4-3-8-18-10-13/h3-6,8,10,12H,7,9H2,1-2H3. The smallest absolute Gasteiger partial charge is 0.160 e. The third kappa shape index (κ3) is 2.90. The monoisotopic (exact) mass is 300 g/mol. The van der Waals surface area contributed by atoms with Gasteiger partial charge in [-0.15, -0.1) is 11.6 Å².